The van der Waals surface area contributed by atoms with E-state index >= 15 is 0 Å². The standard InChI is InChI=1S/C24H16Cl2FIN2O3/c25-17-7-6-16(18(26)11-17)13-33-22-8-5-14(9-20(22)28)10-21-23(31)30(24(32)29-21)12-15-3-1-2-4-19(15)27/h1-11H,12-13H2,(H,29,32)/b21-10+. The number of carbonyl (C=O) groups is 2. The number of rotatable bonds is 6. The van der Waals surface area contributed by atoms with Crippen LogP contribution in [0.4, 0.5) is 9.18 Å². The van der Waals surface area contributed by atoms with Gasteiger partial charge in [0.05, 0.1) is 10.1 Å². The minimum absolute atomic E-state index is 0.119. The molecule has 0 aromatic heterocycles. The summed E-state index contributed by atoms with van der Waals surface area (Å²) in [5.41, 5.74) is 1.89. The van der Waals surface area contributed by atoms with Crippen LogP contribution in [0.25, 0.3) is 6.08 Å². The van der Waals surface area contributed by atoms with Gasteiger partial charge in [-0.1, -0.05) is 53.5 Å². The molecule has 1 saturated heterocycles. The van der Waals surface area contributed by atoms with Gasteiger partial charge in [-0.2, -0.15) is 0 Å². The SMILES string of the molecule is O=C1N/C(=C/c2ccc(OCc3ccc(Cl)cc3Cl)c(I)c2)C(=O)N1Cc1ccccc1F. The van der Waals surface area contributed by atoms with Crippen molar-refractivity contribution < 1.29 is 18.7 Å². The summed E-state index contributed by atoms with van der Waals surface area (Å²) < 4.78 is 20.6. The Morgan fingerprint density at radius 2 is 1.82 bits per heavy atom. The second kappa shape index (κ2) is 10.1. The van der Waals surface area contributed by atoms with E-state index in [1.807, 2.05) is 6.07 Å². The van der Waals surface area contributed by atoms with Crippen molar-refractivity contribution in [2.24, 2.45) is 0 Å². The van der Waals surface area contributed by atoms with E-state index in [0.29, 0.717) is 21.4 Å². The Balaban J connectivity index is 1.46. The molecule has 0 atom stereocenters. The lowest BCUT2D eigenvalue weighted by molar-refractivity contribution is -0.123. The van der Waals surface area contributed by atoms with Gasteiger partial charge in [-0.25, -0.2) is 9.18 Å². The summed E-state index contributed by atoms with van der Waals surface area (Å²) in [7, 11) is 0. The van der Waals surface area contributed by atoms with Gasteiger partial charge >= 0.3 is 6.03 Å². The van der Waals surface area contributed by atoms with Crippen LogP contribution >= 0.6 is 45.8 Å². The normalized spacial score (nSPS) is 14.7. The van der Waals surface area contributed by atoms with Crippen LogP contribution < -0.4 is 10.1 Å². The Hall–Kier alpha value is -2.62. The minimum Gasteiger partial charge on any atom is -0.488 e. The van der Waals surface area contributed by atoms with E-state index in [1.165, 1.54) is 12.1 Å². The van der Waals surface area contributed by atoms with E-state index in [0.717, 1.165) is 14.0 Å². The molecule has 5 nitrogen and oxygen atoms in total. The second-order valence-corrected chi connectivity index (χ2v) is 9.19. The number of hydrogen-bond donors (Lipinski definition) is 1. The van der Waals surface area contributed by atoms with Crippen LogP contribution in [0, 0.1) is 9.39 Å². The summed E-state index contributed by atoms with van der Waals surface area (Å²) in [5, 5.41) is 3.63. The van der Waals surface area contributed by atoms with Gasteiger partial charge in [0.15, 0.2) is 0 Å². The fourth-order valence-electron chi connectivity index (χ4n) is 3.20. The van der Waals surface area contributed by atoms with E-state index in [9.17, 15) is 14.0 Å². The van der Waals surface area contributed by atoms with Crippen molar-refractivity contribution >= 4 is 63.8 Å². The Labute approximate surface area is 213 Å². The van der Waals surface area contributed by atoms with Gasteiger partial charge in [-0.3, -0.25) is 9.69 Å². The highest BCUT2D eigenvalue weighted by Crippen LogP contribution is 2.27. The number of nitrogens with zero attached hydrogens (tertiary/aromatic N) is 1. The summed E-state index contributed by atoms with van der Waals surface area (Å²) >= 11 is 14.2. The molecule has 4 rings (SSSR count). The summed E-state index contributed by atoms with van der Waals surface area (Å²) in [6.45, 7) is 0.123. The van der Waals surface area contributed by atoms with Crippen molar-refractivity contribution in [2.75, 3.05) is 0 Å². The van der Waals surface area contributed by atoms with Gasteiger partial charge in [0.25, 0.3) is 5.91 Å². The van der Waals surface area contributed by atoms with Crippen molar-refractivity contribution in [2.45, 2.75) is 13.2 Å². The third-order valence-electron chi connectivity index (χ3n) is 4.91. The first-order chi connectivity index (χ1) is 15.8. The number of nitrogens with one attached hydrogen (secondary N) is 1. The Kier molecular flexibility index (Phi) is 7.21. The molecule has 0 bridgehead atoms. The van der Waals surface area contributed by atoms with Gasteiger partial charge < -0.3 is 10.1 Å². The molecule has 0 spiro atoms. The maximum absolute atomic E-state index is 13.9. The first-order valence-corrected chi connectivity index (χ1v) is 11.6. The zero-order chi connectivity index (χ0) is 23.5. The zero-order valence-corrected chi connectivity index (χ0v) is 20.6. The van der Waals surface area contributed by atoms with Crippen molar-refractivity contribution in [3.8, 4) is 5.75 Å². The summed E-state index contributed by atoms with van der Waals surface area (Å²) in [5.74, 6) is -0.344. The maximum Gasteiger partial charge on any atom is 0.329 e. The third kappa shape index (κ3) is 5.48. The fourth-order valence-corrected chi connectivity index (χ4v) is 4.36. The number of urea groups is 1. The monoisotopic (exact) mass is 596 g/mol. The number of imide groups is 1. The summed E-state index contributed by atoms with van der Waals surface area (Å²) in [6, 6.07) is 16.0. The largest absolute Gasteiger partial charge is 0.488 e. The predicted octanol–water partition coefficient (Wildman–Crippen LogP) is 6.41. The van der Waals surface area contributed by atoms with Crippen molar-refractivity contribution in [1.29, 1.82) is 0 Å². The molecule has 3 aromatic rings. The summed E-state index contributed by atoms with van der Waals surface area (Å²) in [6.07, 6.45) is 1.57. The topological polar surface area (TPSA) is 58.6 Å². The highest BCUT2D eigenvalue weighted by Gasteiger charge is 2.34. The molecule has 1 fully saturated rings. The van der Waals surface area contributed by atoms with Gasteiger partial charge in [-0.15, -0.1) is 0 Å². The number of carbonyl (C=O) groups excluding carboxylic acids is 2. The van der Waals surface area contributed by atoms with Crippen LogP contribution in [0.5, 0.6) is 5.75 Å². The summed E-state index contributed by atoms with van der Waals surface area (Å²) in [4.78, 5) is 26.0. The van der Waals surface area contributed by atoms with Crippen molar-refractivity contribution in [3.63, 3.8) is 0 Å². The van der Waals surface area contributed by atoms with Gasteiger partial charge in [0, 0.05) is 21.2 Å². The van der Waals surface area contributed by atoms with Gasteiger partial charge in [0.1, 0.15) is 23.9 Å². The smallest absolute Gasteiger partial charge is 0.329 e. The molecule has 1 aliphatic heterocycles. The average molecular weight is 597 g/mol. The number of benzene rings is 3. The lowest BCUT2D eigenvalue weighted by Crippen LogP contribution is -2.30. The molecule has 0 saturated carbocycles. The van der Waals surface area contributed by atoms with Crippen molar-refractivity contribution in [3.05, 3.63) is 102 Å². The lowest BCUT2D eigenvalue weighted by atomic mass is 10.1. The fraction of sp³-hybridized carbons (Fsp3) is 0.0833. The van der Waals surface area contributed by atoms with E-state index in [2.05, 4.69) is 27.9 Å². The molecule has 0 radical (unpaired) electrons. The molecule has 3 aromatic carbocycles. The molecule has 1 N–H and O–H groups in total. The van der Waals surface area contributed by atoms with E-state index in [-0.39, 0.29) is 24.4 Å². The third-order valence-corrected chi connectivity index (χ3v) is 6.34. The van der Waals surface area contributed by atoms with Gasteiger partial charge in [0.2, 0.25) is 0 Å². The van der Waals surface area contributed by atoms with Crippen LogP contribution in [0.2, 0.25) is 10.0 Å². The highest BCUT2D eigenvalue weighted by atomic mass is 127. The van der Waals surface area contributed by atoms with Crippen LogP contribution in [0.1, 0.15) is 16.7 Å². The molecule has 9 heteroatoms. The Bertz CT molecular complexity index is 1280. The molecule has 0 aliphatic carbocycles. The van der Waals surface area contributed by atoms with Crippen LogP contribution in [-0.2, 0) is 17.9 Å². The van der Waals surface area contributed by atoms with E-state index in [4.69, 9.17) is 27.9 Å². The highest BCUT2D eigenvalue weighted by molar-refractivity contribution is 14.1. The Morgan fingerprint density at radius 1 is 1.03 bits per heavy atom. The van der Waals surface area contributed by atoms with Crippen LogP contribution in [-0.4, -0.2) is 16.8 Å². The zero-order valence-electron chi connectivity index (χ0n) is 16.9. The first kappa shape index (κ1) is 23.5. The number of hydrogen-bond acceptors (Lipinski definition) is 3. The molecule has 1 aliphatic rings. The van der Waals surface area contributed by atoms with Crippen LogP contribution in [0.3, 0.4) is 0 Å². The van der Waals surface area contributed by atoms with E-state index in [1.54, 1.807) is 48.5 Å². The van der Waals surface area contributed by atoms with Crippen LogP contribution in [0.15, 0.2) is 66.4 Å². The molecule has 0 unspecified atom stereocenters. The second-order valence-electron chi connectivity index (χ2n) is 7.19. The molecular formula is C24H16Cl2FIN2O3. The molecule has 168 valence electrons. The lowest BCUT2D eigenvalue weighted by Gasteiger charge is -2.12. The number of ether oxygens (including phenoxy) is 1. The van der Waals surface area contributed by atoms with E-state index < -0.39 is 17.8 Å². The van der Waals surface area contributed by atoms with Gasteiger partial charge in [-0.05, 0) is 64.6 Å². The molecule has 33 heavy (non-hydrogen) atoms. The average Bonchev–Trinajstić information content (AvgIpc) is 3.03. The number of halogens is 4. The molecule has 3 amide bonds. The molecular weight excluding hydrogens is 581 g/mol. The first-order valence-electron chi connectivity index (χ1n) is 9.76. The van der Waals surface area contributed by atoms with Crippen molar-refractivity contribution in [1.82, 2.24) is 10.2 Å². The molecule has 1 heterocycles. The minimum atomic E-state index is -0.594. The maximum atomic E-state index is 13.9. The predicted molar refractivity (Wildman–Crippen MR) is 133 cm³/mol. The Morgan fingerprint density at radius 3 is 2.55 bits per heavy atom. The quantitative estimate of drug-likeness (QED) is 0.203. The number of amides is 3.